The molecule has 0 spiro atoms. The van der Waals surface area contributed by atoms with Gasteiger partial charge >= 0.3 is 5.97 Å². The zero-order valence-corrected chi connectivity index (χ0v) is 41.9. The number of ketones is 3. The van der Waals surface area contributed by atoms with E-state index in [0.717, 1.165) is 11.1 Å². The molecule has 0 radical (unpaired) electrons. The van der Waals surface area contributed by atoms with E-state index in [9.17, 15) is 28.8 Å². The molecule has 1 aliphatic heterocycles. The van der Waals surface area contributed by atoms with Crippen molar-refractivity contribution in [1.82, 2.24) is 30.5 Å². The predicted molar refractivity (Wildman–Crippen MR) is 265 cm³/mol. The van der Waals surface area contributed by atoms with E-state index in [0.29, 0.717) is 56.8 Å². The summed E-state index contributed by atoms with van der Waals surface area (Å²) in [6, 6.07) is 23.9. The first kappa shape index (κ1) is 52.8. The molecule has 2 heterocycles. The van der Waals surface area contributed by atoms with Gasteiger partial charge in [-0.25, -0.2) is 4.79 Å². The number of Topliss-reactive ketones (excluding diaryl/α,β-unsaturated/α-hetero) is 3. The largest absolute Gasteiger partial charge is 0.447 e. The van der Waals surface area contributed by atoms with Crippen molar-refractivity contribution in [2.75, 3.05) is 37.3 Å². The molecule has 5 rings (SSSR count). The van der Waals surface area contributed by atoms with Crippen LogP contribution in [-0.2, 0) is 53.3 Å². The SMILES string of the molecule is CC(C)C[C@H](NC(=O)[C@H](CCc1ccccc1)CC(=O)CN1CCOCC1)C(=O)C[C@@H](Cc1ccccc1)C(=O)N[C@@H](CC(C)C)C(=O)[C@@](C)(CI)OC(=O)c1cccc(-c2cn(C)nn2)c1. The molecule has 1 aromatic heterocycles. The van der Waals surface area contributed by atoms with Crippen LogP contribution in [0.25, 0.3) is 11.3 Å². The molecular weight excluding hydrogens is 964 g/mol. The number of hydrogen-bond donors (Lipinski definition) is 2. The number of benzene rings is 3. The molecule has 67 heavy (non-hydrogen) atoms. The Balaban J connectivity index is 1.35. The van der Waals surface area contributed by atoms with Gasteiger partial charge < -0.3 is 20.1 Å². The van der Waals surface area contributed by atoms with E-state index >= 15 is 0 Å². The second-order valence-corrected chi connectivity index (χ2v) is 19.5. The molecule has 14 nitrogen and oxygen atoms in total. The highest BCUT2D eigenvalue weighted by Crippen LogP contribution is 2.26. The van der Waals surface area contributed by atoms with Crippen LogP contribution in [0.1, 0.15) is 88.2 Å². The highest BCUT2D eigenvalue weighted by molar-refractivity contribution is 14.1. The molecule has 4 aromatic rings. The first-order valence-corrected chi connectivity index (χ1v) is 24.9. The smallest absolute Gasteiger partial charge is 0.339 e. The Morgan fingerprint density at radius 1 is 0.791 bits per heavy atom. The molecule has 0 bridgehead atoms. The average molecular weight is 1030 g/mol. The zero-order valence-electron chi connectivity index (χ0n) is 39.7. The van der Waals surface area contributed by atoms with Gasteiger partial charge in [0, 0.05) is 54.8 Å². The van der Waals surface area contributed by atoms with Gasteiger partial charge in [-0.2, -0.15) is 0 Å². The van der Waals surface area contributed by atoms with Crippen LogP contribution in [-0.4, -0.2) is 110 Å². The number of esters is 1. The lowest BCUT2D eigenvalue weighted by Gasteiger charge is -2.32. The summed E-state index contributed by atoms with van der Waals surface area (Å²) in [6.45, 7) is 12.0. The summed E-state index contributed by atoms with van der Waals surface area (Å²) in [4.78, 5) is 87.3. The summed E-state index contributed by atoms with van der Waals surface area (Å²) in [5, 5.41) is 14.2. The number of aryl methyl sites for hydroxylation is 2. The third kappa shape index (κ3) is 16.6. The van der Waals surface area contributed by atoms with Crippen LogP contribution in [0.4, 0.5) is 0 Å². The van der Waals surface area contributed by atoms with Gasteiger partial charge in [0.1, 0.15) is 11.5 Å². The molecule has 2 N–H and O–H groups in total. The second-order valence-electron chi connectivity index (χ2n) is 18.8. The van der Waals surface area contributed by atoms with Crippen LogP contribution in [0.15, 0.2) is 91.1 Å². The Bertz CT molecular complexity index is 2260. The first-order chi connectivity index (χ1) is 32.0. The van der Waals surface area contributed by atoms with E-state index in [-0.39, 0.29) is 71.5 Å². The van der Waals surface area contributed by atoms with Crippen LogP contribution in [0.3, 0.4) is 0 Å². The van der Waals surface area contributed by atoms with E-state index < -0.39 is 47.2 Å². The van der Waals surface area contributed by atoms with E-state index in [1.54, 1.807) is 49.1 Å². The number of carbonyl (C=O) groups excluding carboxylic acids is 6. The van der Waals surface area contributed by atoms with Gasteiger partial charge in [0.15, 0.2) is 17.2 Å². The number of alkyl halides is 1. The van der Waals surface area contributed by atoms with Crippen LogP contribution in [0.2, 0.25) is 0 Å². The summed E-state index contributed by atoms with van der Waals surface area (Å²) >= 11 is 2.02. The van der Waals surface area contributed by atoms with Gasteiger partial charge in [0.2, 0.25) is 11.8 Å². The lowest BCUT2D eigenvalue weighted by atomic mass is 9.87. The van der Waals surface area contributed by atoms with Crippen LogP contribution in [0, 0.1) is 23.7 Å². The van der Waals surface area contributed by atoms with Crippen LogP contribution in [0.5, 0.6) is 0 Å². The van der Waals surface area contributed by atoms with Crippen molar-refractivity contribution in [3.63, 3.8) is 0 Å². The summed E-state index contributed by atoms with van der Waals surface area (Å²) in [5.41, 5.74) is 1.69. The monoisotopic (exact) mass is 1030 g/mol. The van der Waals surface area contributed by atoms with Crippen molar-refractivity contribution < 1.29 is 38.2 Å². The molecule has 0 unspecified atom stereocenters. The molecule has 5 atom stereocenters. The Labute approximate surface area is 408 Å². The van der Waals surface area contributed by atoms with E-state index in [1.165, 1.54) is 0 Å². The average Bonchev–Trinajstić information content (AvgIpc) is 3.76. The molecule has 1 saturated heterocycles. The third-order valence-corrected chi connectivity index (χ3v) is 13.4. The molecule has 15 heteroatoms. The summed E-state index contributed by atoms with van der Waals surface area (Å²) < 4.78 is 13.1. The van der Waals surface area contributed by atoms with Crippen molar-refractivity contribution in [2.24, 2.45) is 30.7 Å². The number of hydrogen-bond acceptors (Lipinski definition) is 11. The minimum absolute atomic E-state index is 0.0116. The van der Waals surface area contributed by atoms with Gasteiger partial charge in [-0.1, -0.05) is 128 Å². The lowest BCUT2D eigenvalue weighted by molar-refractivity contribution is -0.140. The highest BCUT2D eigenvalue weighted by atomic mass is 127. The number of rotatable bonds is 26. The standard InChI is InChI=1S/C52H67IN6O8/c1-35(2)26-44(54-49(63)40(21-20-37-14-9-7-10-15-37)30-43(60)32-59-22-24-66-25-23-59)47(61)31-42(28-38-16-11-8-12-17-38)50(64)55-45(27-36(3)4)48(62)52(5,34-53)67-51(65)41-19-13-18-39(29-41)46-33-58(6)57-56-46/h7-19,29,33,35-36,40,42,44-45H,20-28,30-32,34H2,1-6H3,(H,54,63)(H,55,64)/t40-,42-,44+,45+,52-/m1/s1. The van der Waals surface area contributed by atoms with Crippen LogP contribution >= 0.6 is 22.6 Å². The Morgan fingerprint density at radius 3 is 2.01 bits per heavy atom. The number of halogens is 1. The van der Waals surface area contributed by atoms with Crippen molar-refractivity contribution in [3.05, 3.63) is 108 Å². The zero-order chi connectivity index (χ0) is 48.5. The number of morpholine rings is 1. The van der Waals surface area contributed by atoms with Gasteiger partial charge in [0.05, 0.1) is 43.6 Å². The maximum absolute atomic E-state index is 14.6. The fraction of sp³-hybridized carbons (Fsp3) is 0.500. The molecule has 0 aliphatic carbocycles. The number of carbonyl (C=O) groups is 6. The van der Waals surface area contributed by atoms with Crippen molar-refractivity contribution in [2.45, 2.75) is 97.2 Å². The summed E-state index contributed by atoms with van der Waals surface area (Å²) in [5.74, 6) is -4.03. The second kappa shape index (κ2) is 25.9. The Morgan fingerprint density at radius 2 is 1.40 bits per heavy atom. The first-order valence-electron chi connectivity index (χ1n) is 23.4. The fourth-order valence-electron chi connectivity index (χ4n) is 8.29. The Hall–Kier alpha value is -5.13. The minimum Gasteiger partial charge on any atom is -0.447 e. The molecule has 1 aliphatic rings. The molecule has 360 valence electrons. The van der Waals surface area contributed by atoms with Crippen molar-refractivity contribution in [1.29, 1.82) is 0 Å². The van der Waals surface area contributed by atoms with Gasteiger partial charge in [-0.05, 0) is 74.1 Å². The normalized spacial score (nSPS) is 15.8. The van der Waals surface area contributed by atoms with Crippen molar-refractivity contribution in [3.8, 4) is 11.3 Å². The van der Waals surface area contributed by atoms with Gasteiger partial charge in [-0.15, -0.1) is 5.10 Å². The summed E-state index contributed by atoms with van der Waals surface area (Å²) in [7, 11) is 1.74. The number of aromatic nitrogens is 3. The topological polar surface area (TPSA) is 179 Å². The van der Waals surface area contributed by atoms with Crippen LogP contribution < -0.4 is 10.6 Å². The molecule has 3 aromatic carbocycles. The minimum atomic E-state index is -1.62. The fourth-order valence-corrected chi connectivity index (χ4v) is 8.82. The highest BCUT2D eigenvalue weighted by Gasteiger charge is 2.43. The quantitative estimate of drug-likeness (QED) is 0.0383. The van der Waals surface area contributed by atoms with E-state index in [2.05, 4.69) is 20.9 Å². The predicted octanol–water partition coefficient (Wildman–Crippen LogP) is 6.82. The van der Waals surface area contributed by atoms with Gasteiger partial charge in [-0.3, -0.25) is 33.6 Å². The number of nitrogens with zero attached hydrogens (tertiary/aromatic N) is 4. The molecule has 1 fully saturated rings. The third-order valence-electron chi connectivity index (χ3n) is 12.0. The Kier molecular flexibility index (Phi) is 20.4. The van der Waals surface area contributed by atoms with Crippen molar-refractivity contribution >= 4 is 57.7 Å². The number of ether oxygens (including phenoxy) is 2. The van der Waals surface area contributed by atoms with E-state index in [4.69, 9.17) is 9.47 Å². The molecule has 2 amide bonds. The number of amides is 2. The maximum Gasteiger partial charge on any atom is 0.339 e. The summed E-state index contributed by atoms with van der Waals surface area (Å²) in [6.07, 6.45) is 3.31. The van der Waals surface area contributed by atoms with Gasteiger partial charge in [0.25, 0.3) is 0 Å². The lowest BCUT2D eigenvalue weighted by Crippen LogP contribution is -2.55. The molecular formula is C52H67IN6O8. The number of nitrogens with one attached hydrogen (secondary N) is 2. The molecule has 0 saturated carbocycles. The van der Waals surface area contributed by atoms with E-state index in [1.807, 2.05) is 116 Å². The maximum atomic E-state index is 14.6.